The zero-order valence-corrected chi connectivity index (χ0v) is 17.2. The van der Waals surface area contributed by atoms with E-state index in [1.165, 1.54) is 42.5 Å². The minimum Gasteiger partial charge on any atom is -0.406 e. The van der Waals surface area contributed by atoms with Gasteiger partial charge in [0, 0.05) is 21.4 Å². The molecule has 2 N–H and O–H groups in total. The SMILES string of the molecule is CC(C)(C)SNC(=O)c1ccc2c(Nc3ccc(OC(F)(F)F)cc3)ncnc2c1. The molecule has 158 valence electrons. The summed E-state index contributed by atoms with van der Waals surface area (Å²) >= 11 is 1.33. The van der Waals surface area contributed by atoms with E-state index in [0.717, 1.165) is 0 Å². The number of ether oxygens (including phenoxy) is 1. The lowest BCUT2D eigenvalue weighted by atomic mass is 10.1. The Balaban J connectivity index is 1.78. The molecule has 0 unspecified atom stereocenters. The molecule has 30 heavy (non-hydrogen) atoms. The summed E-state index contributed by atoms with van der Waals surface area (Å²) in [6.07, 6.45) is -3.40. The number of amides is 1. The molecular formula is C20H19F3N4O2S. The number of halogens is 3. The Morgan fingerprint density at radius 1 is 1.03 bits per heavy atom. The van der Waals surface area contributed by atoms with Crippen LogP contribution in [0.3, 0.4) is 0 Å². The van der Waals surface area contributed by atoms with Crippen LogP contribution in [0.5, 0.6) is 5.75 Å². The summed E-state index contributed by atoms with van der Waals surface area (Å²) in [5.41, 5.74) is 1.53. The smallest absolute Gasteiger partial charge is 0.406 e. The summed E-state index contributed by atoms with van der Waals surface area (Å²) in [6.45, 7) is 5.97. The average molecular weight is 436 g/mol. The minimum absolute atomic E-state index is 0.119. The summed E-state index contributed by atoms with van der Waals surface area (Å²) in [5.74, 6) is -0.0879. The van der Waals surface area contributed by atoms with E-state index >= 15 is 0 Å². The molecule has 3 aromatic rings. The molecule has 0 aliphatic carbocycles. The number of hydrogen-bond acceptors (Lipinski definition) is 6. The van der Waals surface area contributed by atoms with Gasteiger partial charge in [-0.2, -0.15) is 0 Å². The van der Waals surface area contributed by atoms with Crippen molar-refractivity contribution < 1.29 is 22.7 Å². The van der Waals surface area contributed by atoms with E-state index in [1.807, 2.05) is 20.8 Å². The number of nitrogens with zero attached hydrogens (tertiary/aromatic N) is 2. The summed E-state index contributed by atoms with van der Waals surface area (Å²) < 4.78 is 43.4. The van der Waals surface area contributed by atoms with Crippen LogP contribution in [0.25, 0.3) is 10.9 Å². The van der Waals surface area contributed by atoms with Crippen molar-refractivity contribution in [2.75, 3.05) is 5.32 Å². The molecule has 1 aromatic heterocycles. The van der Waals surface area contributed by atoms with Crippen LogP contribution in [0.15, 0.2) is 48.8 Å². The van der Waals surface area contributed by atoms with E-state index in [9.17, 15) is 18.0 Å². The number of aromatic nitrogens is 2. The Bertz CT molecular complexity index is 1050. The fraction of sp³-hybridized carbons (Fsp3) is 0.250. The van der Waals surface area contributed by atoms with Crippen LogP contribution in [0.1, 0.15) is 31.1 Å². The molecule has 2 aromatic carbocycles. The Morgan fingerprint density at radius 2 is 1.73 bits per heavy atom. The maximum Gasteiger partial charge on any atom is 0.573 e. The van der Waals surface area contributed by atoms with Crippen LogP contribution in [-0.4, -0.2) is 27.0 Å². The lowest BCUT2D eigenvalue weighted by Gasteiger charge is -2.17. The second-order valence-electron chi connectivity index (χ2n) is 7.30. The molecule has 6 nitrogen and oxygen atoms in total. The van der Waals surface area contributed by atoms with Gasteiger partial charge in [0.15, 0.2) is 0 Å². The molecular weight excluding hydrogens is 417 g/mol. The molecule has 3 rings (SSSR count). The van der Waals surface area contributed by atoms with E-state index in [1.54, 1.807) is 18.2 Å². The molecule has 0 saturated heterocycles. The number of fused-ring (bicyclic) bond motifs is 1. The molecule has 0 aliphatic heterocycles. The van der Waals surface area contributed by atoms with Crippen molar-refractivity contribution in [3.8, 4) is 5.75 Å². The summed E-state index contributed by atoms with van der Waals surface area (Å²) in [4.78, 5) is 20.8. The van der Waals surface area contributed by atoms with Crippen molar-refractivity contribution in [3.05, 3.63) is 54.4 Å². The quantitative estimate of drug-likeness (QED) is 0.518. The van der Waals surface area contributed by atoms with Crippen LogP contribution in [0, 0.1) is 0 Å². The number of carbonyl (C=O) groups is 1. The second-order valence-corrected chi connectivity index (χ2v) is 8.93. The number of anilines is 2. The zero-order valence-electron chi connectivity index (χ0n) is 16.4. The zero-order chi connectivity index (χ0) is 21.9. The number of nitrogens with one attached hydrogen (secondary N) is 2. The predicted octanol–water partition coefficient (Wildman–Crippen LogP) is 5.45. The van der Waals surface area contributed by atoms with Gasteiger partial charge in [-0.3, -0.25) is 9.52 Å². The second kappa shape index (κ2) is 8.39. The van der Waals surface area contributed by atoms with Crippen LogP contribution >= 0.6 is 11.9 Å². The number of hydrogen-bond donors (Lipinski definition) is 2. The lowest BCUT2D eigenvalue weighted by Crippen LogP contribution is -2.23. The third-order valence-corrected chi connectivity index (χ3v) is 4.60. The number of rotatable bonds is 5. The summed E-state index contributed by atoms with van der Waals surface area (Å²) in [5, 5.41) is 3.70. The van der Waals surface area contributed by atoms with Gasteiger partial charge in [0.2, 0.25) is 0 Å². The molecule has 0 aliphatic rings. The first-order valence-corrected chi connectivity index (χ1v) is 9.68. The van der Waals surface area contributed by atoms with Gasteiger partial charge in [-0.25, -0.2) is 9.97 Å². The highest BCUT2D eigenvalue weighted by atomic mass is 32.2. The van der Waals surface area contributed by atoms with Crippen LogP contribution in [0.4, 0.5) is 24.7 Å². The summed E-state index contributed by atoms with van der Waals surface area (Å²) in [7, 11) is 0. The highest BCUT2D eigenvalue weighted by Gasteiger charge is 2.30. The van der Waals surface area contributed by atoms with Crippen LogP contribution in [0.2, 0.25) is 0 Å². The van der Waals surface area contributed by atoms with Gasteiger partial charge in [-0.15, -0.1) is 13.2 Å². The van der Waals surface area contributed by atoms with Crippen LogP contribution < -0.4 is 14.8 Å². The first-order chi connectivity index (χ1) is 14.0. The third kappa shape index (κ3) is 5.99. The first-order valence-electron chi connectivity index (χ1n) is 8.86. The number of carbonyl (C=O) groups excluding carboxylic acids is 1. The molecule has 1 heterocycles. The molecule has 0 fully saturated rings. The highest BCUT2D eigenvalue weighted by Crippen LogP contribution is 2.27. The van der Waals surface area contributed by atoms with Gasteiger partial charge < -0.3 is 10.1 Å². The van der Waals surface area contributed by atoms with Gasteiger partial charge in [0.05, 0.1) is 5.52 Å². The predicted molar refractivity (Wildman–Crippen MR) is 111 cm³/mol. The summed E-state index contributed by atoms with van der Waals surface area (Å²) in [6, 6.07) is 10.3. The normalized spacial score (nSPS) is 11.9. The van der Waals surface area contributed by atoms with E-state index in [-0.39, 0.29) is 16.4 Å². The van der Waals surface area contributed by atoms with Crippen molar-refractivity contribution in [2.24, 2.45) is 0 Å². The maximum atomic E-state index is 12.4. The van der Waals surface area contributed by atoms with Crippen molar-refractivity contribution >= 4 is 40.3 Å². The van der Waals surface area contributed by atoms with E-state index in [2.05, 4.69) is 24.7 Å². The fourth-order valence-electron chi connectivity index (χ4n) is 2.43. The van der Waals surface area contributed by atoms with E-state index in [0.29, 0.717) is 28.0 Å². The van der Waals surface area contributed by atoms with E-state index in [4.69, 9.17) is 0 Å². The number of benzene rings is 2. The molecule has 0 spiro atoms. The van der Waals surface area contributed by atoms with Gasteiger partial charge in [-0.05, 0) is 75.2 Å². The standard InChI is InChI=1S/C20H19F3N4O2S/c1-19(2,3)30-27-18(28)12-4-9-15-16(10-12)24-11-25-17(15)26-13-5-7-14(8-6-13)29-20(21,22)23/h4-11H,1-3H3,(H,27,28)(H,24,25,26). The third-order valence-electron chi connectivity index (χ3n) is 3.70. The number of alkyl halides is 3. The monoisotopic (exact) mass is 436 g/mol. The molecule has 0 bridgehead atoms. The molecule has 0 saturated carbocycles. The van der Waals surface area contributed by atoms with Crippen molar-refractivity contribution in [1.82, 2.24) is 14.7 Å². The lowest BCUT2D eigenvalue weighted by molar-refractivity contribution is -0.274. The Morgan fingerprint density at radius 3 is 2.37 bits per heavy atom. The Kier molecular flexibility index (Phi) is 6.06. The van der Waals surface area contributed by atoms with Crippen molar-refractivity contribution in [1.29, 1.82) is 0 Å². The van der Waals surface area contributed by atoms with E-state index < -0.39 is 6.36 Å². The minimum atomic E-state index is -4.74. The fourth-order valence-corrected chi connectivity index (χ4v) is 2.95. The van der Waals surface area contributed by atoms with Gasteiger partial charge in [0.25, 0.3) is 5.91 Å². The molecule has 10 heteroatoms. The maximum absolute atomic E-state index is 12.4. The molecule has 1 amide bonds. The Hall–Kier alpha value is -3.01. The Labute approximate surface area is 175 Å². The van der Waals surface area contributed by atoms with Gasteiger partial charge in [0.1, 0.15) is 17.9 Å². The van der Waals surface area contributed by atoms with Crippen molar-refractivity contribution in [2.45, 2.75) is 31.9 Å². The van der Waals surface area contributed by atoms with Gasteiger partial charge >= 0.3 is 6.36 Å². The van der Waals surface area contributed by atoms with Crippen LogP contribution in [-0.2, 0) is 0 Å². The topological polar surface area (TPSA) is 76.1 Å². The first kappa shape index (κ1) is 21.7. The molecule has 0 atom stereocenters. The van der Waals surface area contributed by atoms with Gasteiger partial charge in [-0.1, -0.05) is 0 Å². The molecule has 0 radical (unpaired) electrons. The average Bonchev–Trinajstić information content (AvgIpc) is 2.66. The largest absolute Gasteiger partial charge is 0.573 e. The van der Waals surface area contributed by atoms with Crippen molar-refractivity contribution in [3.63, 3.8) is 0 Å². The highest BCUT2D eigenvalue weighted by molar-refractivity contribution is 7.99.